The molecule has 2 aromatic rings. The van der Waals surface area contributed by atoms with Crippen molar-refractivity contribution >= 4 is 17.3 Å². The van der Waals surface area contributed by atoms with Crippen molar-refractivity contribution in [2.75, 3.05) is 12.4 Å². The summed E-state index contributed by atoms with van der Waals surface area (Å²) in [5.41, 5.74) is 1.01. The number of rotatable bonds is 5. The third kappa shape index (κ3) is 3.14. The first-order valence-corrected chi connectivity index (χ1v) is 8.60. The zero-order chi connectivity index (χ0) is 19.7. The first-order valence-electron chi connectivity index (χ1n) is 8.60. The van der Waals surface area contributed by atoms with Crippen molar-refractivity contribution in [1.82, 2.24) is 4.90 Å². The normalized spacial score (nSPS) is 17.1. The van der Waals surface area contributed by atoms with E-state index >= 15 is 0 Å². The molecule has 142 valence electrons. The van der Waals surface area contributed by atoms with Crippen LogP contribution >= 0.6 is 0 Å². The molecule has 0 saturated carbocycles. The molecular weight excluding hydrogens is 350 g/mol. The van der Waals surface area contributed by atoms with Crippen LogP contribution in [0.25, 0.3) is 0 Å². The number of para-hydroxylation sites is 1. The summed E-state index contributed by atoms with van der Waals surface area (Å²) in [6.07, 6.45) is 0.0425. The molecule has 0 aliphatic carbocycles. The maximum absolute atomic E-state index is 13.1. The van der Waals surface area contributed by atoms with E-state index in [0.29, 0.717) is 23.2 Å². The molecule has 0 unspecified atom stereocenters. The molecule has 0 saturated heterocycles. The lowest BCUT2D eigenvalue weighted by Crippen LogP contribution is -2.47. The number of benzene rings is 2. The van der Waals surface area contributed by atoms with E-state index in [1.807, 2.05) is 13.8 Å². The van der Waals surface area contributed by atoms with Crippen molar-refractivity contribution in [1.29, 1.82) is 0 Å². The van der Waals surface area contributed by atoms with Crippen molar-refractivity contribution < 1.29 is 19.6 Å². The van der Waals surface area contributed by atoms with E-state index in [1.54, 1.807) is 29.2 Å². The fourth-order valence-electron chi connectivity index (χ4n) is 3.22. The number of anilines is 1. The van der Waals surface area contributed by atoms with E-state index in [-0.39, 0.29) is 17.7 Å². The summed E-state index contributed by atoms with van der Waals surface area (Å²) in [5, 5.41) is 26.7. The number of methoxy groups -OCH3 is 1. The number of hydrogen-bond acceptors (Lipinski definition) is 6. The highest BCUT2D eigenvalue weighted by Crippen LogP contribution is 2.41. The summed E-state index contributed by atoms with van der Waals surface area (Å²) in [4.78, 5) is 25.3. The number of nitro groups is 1. The van der Waals surface area contributed by atoms with Crippen molar-refractivity contribution in [2.24, 2.45) is 0 Å². The second-order valence-corrected chi connectivity index (χ2v) is 6.39. The average Bonchev–Trinajstić information content (AvgIpc) is 2.67. The van der Waals surface area contributed by atoms with E-state index in [1.165, 1.54) is 19.2 Å². The van der Waals surface area contributed by atoms with Gasteiger partial charge in [-0.05, 0) is 31.5 Å². The first-order chi connectivity index (χ1) is 12.9. The minimum Gasteiger partial charge on any atom is -0.865 e. The van der Waals surface area contributed by atoms with Gasteiger partial charge in [0.1, 0.15) is 11.9 Å². The van der Waals surface area contributed by atoms with Crippen LogP contribution in [0.3, 0.4) is 0 Å². The number of nitrogens with zero attached hydrogens (tertiary/aromatic N) is 2. The predicted octanol–water partition coefficient (Wildman–Crippen LogP) is 3.04. The fourth-order valence-corrected chi connectivity index (χ4v) is 3.22. The van der Waals surface area contributed by atoms with Gasteiger partial charge in [0, 0.05) is 29.1 Å². The van der Waals surface area contributed by atoms with Gasteiger partial charge in [-0.1, -0.05) is 19.1 Å². The molecule has 1 aliphatic heterocycles. The quantitative estimate of drug-likeness (QED) is 0.640. The van der Waals surface area contributed by atoms with E-state index in [2.05, 4.69) is 5.32 Å². The summed E-state index contributed by atoms with van der Waals surface area (Å²) < 4.78 is 5.04. The van der Waals surface area contributed by atoms with Gasteiger partial charge in [-0.25, -0.2) is 0 Å². The van der Waals surface area contributed by atoms with Crippen LogP contribution in [0.2, 0.25) is 0 Å². The Morgan fingerprint density at radius 2 is 2.04 bits per heavy atom. The van der Waals surface area contributed by atoms with Crippen LogP contribution in [-0.4, -0.2) is 28.9 Å². The number of nitrogens with one attached hydrogen (secondary N) is 1. The average molecular weight is 370 g/mol. The Bertz CT molecular complexity index is 899. The van der Waals surface area contributed by atoms with Gasteiger partial charge in [0.05, 0.1) is 17.6 Å². The van der Waals surface area contributed by atoms with Gasteiger partial charge in [-0.2, -0.15) is 0 Å². The highest BCUT2D eigenvalue weighted by atomic mass is 16.6. The molecular formula is C19H20N3O5-. The second-order valence-electron chi connectivity index (χ2n) is 6.39. The Morgan fingerprint density at radius 3 is 2.67 bits per heavy atom. The van der Waals surface area contributed by atoms with Crippen molar-refractivity contribution in [3.8, 4) is 11.5 Å². The number of carbonyl (C=O) groups is 1. The Hall–Kier alpha value is -3.29. The lowest BCUT2D eigenvalue weighted by molar-refractivity contribution is -0.398. The molecule has 1 N–H and O–H groups in total. The second kappa shape index (κ2) is 7.14. The standard InChI is InChI=1S/C19H21N3O5/c1-4-11(2)21-18(20-14-8-6-5-7-13(14)19(21)24)12-9-15(22(25)26)17(23)16(10-12)27-3/h5-11,18,20,23H,4H2,1-3H3/p-1/t11-,18+/m1/s1. The molecule has 8 nitrogen and oxygen atoms in total. The molecule has 0 spiro atoms. The maximum atomic E-state index is 13.1. The van der Waals surface area contributed by atoms with Crippen LogP contribution in [0.5, 0.6) is 11.5 Å². The van der Waals surface area contributed by atoms with Crippen molar-refractivity contribution in [2.45, 2.75) is 32.5 Å². The van der Waals surface area contributed by atoms with Crippen LogP contribution in [-0.2, 0) is 0 Å². The van der Waals surface area contributed by atoms with Crippen LogP contribution in [0.4, 0.5) is 11.4 Å². The molecule has 1 aliphatic rings. The molecule has 2 aromatic carbocycles. The zero-order valence-corrected chi connectivity index (χ0v) is 15.3. The van der Waals surface area contributed by atoms with Gasteiger partial charge in [0.2, 0.25) is 0 Å². The monoisotopic (exact) mass is 370 g/mol. The highest BCUT2D eigenvalue weighted by molar-refractivity contribution is 6.02. The lowest BCUT2D eigenvalue weighted by Gasteiger charge is -2.41. The van der Waals surface area contributed by atoms with Crippen molar-refractivity contribution in [3.05, 3.63) is 57.6 Å². The van der Waals surface area contributed by atoms with E-state index in [0.717, 1.165) is 0 Å². The Labute approximate surface area is 156 Å². The Kier molecular flexibility index (Phi) is 4.89. The van der Waals surface area contributed by atoms with Gasteiger partial charge in [0.15, 0.2) is 0 Å². The third-order valence-corrected chi connectivity index (χ3v) is 4.82. The molecule has 0 bridgehead atoms. The Morgan fingerprint density at radius 1 is 1.33 bits per heavy atom. The molecule has 0 fully saturated rings. The van der Waals surface area contributed by atoms with Gasteiger partial charge < -0.3 is 20.1 Å². The fraction of sp³-hybridized carbons (Fsp3) is 0.316. The number of hydrogen-bond donors (Lipinski definition) is 1. The summed E-state index contributed by atoms with van der Waals surface area (Å²) >= 11 is 0. The van der Waals surface area contributed by atoms with E-state index in [9.17, 15) is 20.0 Å². The number of carbonyl (C=O) groups excluding carboxylic acids is 1. The first kappa shape index (κ1) is 18.5. The van der Waals surface area contributed by atoms with Crippen LogP contribution in [0.15, 0.2) is 36.4 Å². The predicted molar refractivity (Wildman–Crippen MR) is 97.8 cm³/mol. The number of fused-ring (bicyclic) bond motifs is 1. The van der Waals surface area contributed by atoms with Crippen LogP contribution < -0.4 is 15.2 Å². The molecule has 8 heteroatoms. The summed E-state index contributed by atoms with van der Waals surface area (Å²) in [7, 11) is 1.28. The van der Waals surface area contributed by atoms with E-state index in [4.69, 9.17) is 4.74 Å². The molecule has 1 amide bonds. The highest BCUT2D eigenvalue weighted by Gasteiger charge is 2.36. The van der Waals surface area contributed by atoms with E-state index < -0.39 is 22.5 Å². The van der Waals surface area contributed by atoms with Crippen molar-refractivity contribution in [3.63, 3.8) is 0 Å². The largest absolute Gasteiger partial charge is 0.865 e. The maximum Gasteiger partial charge on any atom is 0.265 e. The minimum atomic E-state index is -0.788. The number of amides is 1. The summed E-state index contributed by atoms with van der Waals surface area (Å²) in [5.74, 6) is -1.09. The minimum absolute atomic E-state index is 0.125. The molecule has 3 rings (SSSR count). The van der Waals surface area contributed by atoms with Crippen LogP contribution in [0.1, 0.15) is 42.4 Å². The third-order valence-electron chi connectivity index (χ3n) is 4.82. The SMILES string of the molecule is CC[C@@H](C)N1C(=O)c2ccccc2N[C@@H]1c1cc(OC)c([O-])c([N+](=O)[O-])c1. The zero-order valence-electron chi connectivity index (χ0n) is 15.3. The molecule has 2 atom stereocenters. The molecule has 0 aromatic heterocycles. The van der Waals surface area contributed by atoms with Crippen LogP contribution in [0, 0.1) is 10.1 Å². The van der Waals surface area contributed by atoms with Gasteiger partial charge in [-0.3, -0.25) is 14.9 Å². The molecule has 0 radical (unpaired) electrons. The number of ether oxygens (including phenoxy) is 1. The smallest absolute Gasteiger partial charge is 0.265 e. The molecule has 27 heavy (non-hydrogen) atoms. The van der Waals surface area contributed by atoms with Gasteiger partial charge >= 0.3 is 0 Å². The topological polar surface area (TPSA) is 108 Å². The summed E-state index contributed by atoms with van der Waals surface area (Å²) in [6.45, 7) is 3.87. The van der Waals surface area contributed by atoms with Gasteiger partial charge in [0.25, 0.3) is 11.6 Å². The lowest BCUT2D eigenvalue weighted by atomic mass is 10.00. The number of nitro benzene ring substituents is 1. The Balaban J connectivity index is 2.17. The molecule has 1 heterocycles. The summed E-state index contributed by atoms with van der Waals surface area (Å²) in [6, 6.07) is 9.64. The van der Waals surface area contributed by atoms with Gasteiger partial charge in [-0.15, -0.1) is 0 Å².